The molecule has 0 atom stereocenters. The number of nitrogens with one attached hydrogen (secondary N) is 1. The van der Waals surface area contributed by atoms with Gasteiger partial charge in [-0.2, -0.15) is 4.98 Å². The Labute approximate surface area is 165 Å². The van der Waals surface area contributed by atoms with E-state index < -0.39 is 0 Å². The lowest BCUT2D eigenvalue weighted by atomic mass is 10.2. The average Bonchev–Trinajstić information content (AvgIpc) is 3.14. The van der Waals surface area contributed by atoms with E-state index in [9.17, 15) is 4.79 Å². The molecule has 0 saturated carbocycles. The number of benzene rings is 1. The Kier molecular flexibility index (Phi) is 7.00. The predicted molar refractivity (Wildman–Crippen MR) is 106 cm³/mol. The number of aromatic nitrogens is 2. The lowest BCUT2D eigenvalue weighted by molar-refractivity contribution is -0.117. The lowest BCUT2D eigenvalue weighted by Crippen LogP contribution is -2.48. The standard InChI is InChI=1S/C20H29N5O3/c1-4-27-17-8-6-5-7-16(17)21-18(26)13-24-9-11-25(12-10-24)14-19-22-20(15(2)3)23-28-19/h5-8,15H,4,9-14H2,1-3H3,(H,21,26). The summed E-state index contributed by atoms with van der Waals surface area (Å²) in [5, 5.41) is 6.96. The van der Waals surface area contributed by atoms with Crippen molar-refractivity contribution in [2.24, 2.45) is 0 Å². The summed E-state index contributed by atoms with van der Waals surface area (Å²) in [7, 11) is 0. The van der Waals surface area contributed by atoms with Crippen LogP contribution < -0.4 is 10.1 Å². The first kappa shape index (κ1) is 20.3. The second-order valence-corrected chi connectivity index (χ2v) is 7.23. The first-order chi connectivity index (χ1) is 13.5. The van der Waals surface area contributed by atoms with Crippen molar-refractivity contribution in [1.82, 2.24) is 19.9 Å². The third kappa shape index (κ3) is 5.53. The molecule has 1 aromatic heterocycles. The molecule has 1 amide bonds. The Morgan fingerprint density at radius 3 is 2.61 bits per heavy atom. The lowest BCUT2D eigenvalue weighted by Gasteiger charge is -2.33. The van der Waals surface area contributed by atoms with Crippen LogP contribution in [0, 0.1) is 0 Å². The van der Waals surface area contributed by atoms with Crippen LogP contribution in [-0.4, -0.2) is 65.2 Å². The molecule has 1 aromatic carbocycles. The number of carbonyl (C=O) groups excluding carboxylic acids is 1. The van der Waals surface area contributed by atoms with E-state index in [0.717, 1.165) is 32.0 Å². The van der Waals surface area contributed by atoms with Crippen molar-refractivity contribution in [1.29, 1.82) is 0 Å². The molecular formula is C20H29N5O3. The highest BCUT2D eigenvalue weighted by molar-refractivity contribution is 5.93. The molecule has 1 saturated heterocycles. The van der Waals surface area contributed by atoms with Crippen molar-refractivity contribution in [3.63, 3.8) is 0 Å². The maximum atomic E-state index is 12.4. The molecule has 0 aliphatic carbocycles. The summed E-state index contributed by atoms with van der Waals surface area (Å²) in [6.45, 7) is 11.0. The van der Waals surface area contributed by atoms with Gasteiger partial charge in [-0.15, -0.1) is 0 Å². The summed E-state index contributed by atoms with van der Waals surface area (Å²) in [6, 6.07) is 7.50. The third-order valence-corrected chi connectivity index (χ3v) is 4.65. The van der Waals surface area contributed by atoms with Crippen LogP contribution in [-0.2, 0) is 11.3 Å². The molecule has 1 fully saturated rings. The van der Waals surface area contributed by atoms with Crippen LogP contribution in [0.4, 0.5) is 5.69 Å². The van der Waals surface area contributed by atoms with Gasteiger partial charge in [-0.05, 0) is 19.1 Å². The third-order valence-electron chi connectivity index (χ3n) is 4.65. The summed E-state index contributed by atoms with van der Waals surface area (Å²) < 4.78 is 10.9. The Morgan fingerprint density at radius 2 is 1.93 bits per heavy atom. The van der Waals surface area contributed by atoms with Crippen molar-refractivity contribution in [3.8, 4) is 5.75 Å². The van der Waals surface area contributed by atoms with Crippen molar-refractivity contribution in [2.75, 3.05) is 44.6 Å². The van der Waals surface area contributed by atoms with Crippen molar-refractivity contribution in [2.45, 2.75) is 33.2 Å². The monoisotopic (exact) mass is 387 g/mol. The van der Waals surface area contributed by atoms with Gasteiger partial charge in [0.1, 0.15) is 5.75 Å². The summed E-state index contributed by atoms with van der Waals surface area (Å²) in [6.07, 6.45) is 0. The topological polar surface area (TPSA) is 83.7 Å². The van der Waals surface area contributed by atoms with Gasteiger partial charge in [-0.25, -0.2) is 0 Å². The van der Waals surface area contributed by atoms with E-state index in [1.54, 1.807) is 0 Å². The number of hydrogen-bond acceptors (Lipinski definition) is 7. The van der Waals surface area contributed by atoms with Gasteiger partial charge < -0.3 is 14.6 Å². The normalized spacial score (nSPS) is 15.7. The number of para-hydroxylation sites is 2. The minimum atomic E-state index is -0.0286. The van der Waals surface area contributed by atoms with Crippen molar-refractivity contribution < 1.29 is 14.1 Å². The van der Waals surface area contributed by atoms with Gasteiger partial charge in [-0.1, -0.05) is 31.1 Å². The zero-order valence-electron chi connectivity index (χ0n) is 16.9. The molecule has 8 nitrogen and oxygen atoms in total. The second kappa shape index (κ2) is 9.66. The zero-order valence-corrected chi connectivity index (χ0v) is 16.9. The number of carbonyl (C=O) groups is 1. The van der Waals surface area contributed by atoms with Gasteiger partial charge in [0.05, 0.1) is 25.4 Å². The molecule has 28 heavy (non-hydrogen) atoms. The fraction of sp³-hybridized carbons (Fsp3) is 0.550. The van der Waals surface area contributed by atoms with E-state index in [-0.39, 0.29) is 11.8 Å². The van der Waals surface area contributed by atoms with Gasteiger partial charge in [0.2, 0.25) is 11.8 Å². The molecule has 3 rings (SSSR count). The van der Waals surface area contributed by atoms with E-state index in [0.29, 0.717) is 37.0 Å². The minimum Gasteiger partial charge on any atom is -0.492 e. The van der Waals surface area contributed by atoms with Gasteiger partial charge >= 0.3 is 0 Å². The van der Waals surface area contributed by atoms with E-state index in [1.807, 2.05) is 45.0 Å². The fourth-order valence-electron chi connectivity index (χ4n) is 3.11. The molecule has 8 heteroatoms. The van der Waals surface area contributed by atoms with Gasteiger partial charge in [0.25, 0.3) is 0 Å². The molecule has 152 valence electrons. The number of nitrogens with zero attached hydrogens (tertiary/aromatic N) is 4. The summed E-state index contributed by atoms with van der Waals surface area (Å²) in [5.74, 6) is 2.34. The molecule has 0 radical (unpaired) electrons. The highest BCUT2D eigenvalue weighted by atomic mass is 16.5. The largest absolute Gasteiger partial charge is 0.492 e. The predicted octanol–water partition coefficient (Wildman–Crippen LogP) is 2.35. The quantitative estimate of drug-likeness (QED) is 0.744. The number of ether oxygens (including phenoxy) is 1. The Bertz CT molecular complexity index is 769. The molecular weight excluding hydrogens is 358 g/mol. The number of rotatable bonds is 8. The summed E-state index contributed by atoms with van der Waals surface area (Å²) in [4.78, 5) is 21.3. The van der Waals surface area contributed by atoms with Crippen LogP contribution in [0.25, 0.3) is 0 Å². The molecule has 1 aliphatic rings. The van der Waals surface area contributed by atoms with Crippen LogP contribution in [0.2, 0.25) is 0 Å². The van der Waals surface area contributed by atoms with Crippen molar-refractivity contribution in [3.05, 3.63) is 36.0 Å². The maximum absolute atomic E-state index is 12.4. The molecule has 0 unspecified atom stereocenters. The Morgan fingerprint density at radius 1 is 1.21 bits per heavy atom. The number of piperazine rings is 1. The van der Waals surface area contributed by atoms with Crippen LogP contribution in [0.5, 0.6) is 5.75 Å². The highest BCUT2D eigenvalue weighted by Crippen LogP contribution is 2.23. The fourth-order valence-corrected chi connectivity index (χ4v) is 3.11. The van der Waals surface area contributed by atoms with Crippen LogP contribution in [0.3, 0.4) is 0 Å². The van der Waals surface area contributed by atoms with E-state index in [1.165, 1.54) is 0 Å². The SMILES string of the molecule is CCOc1ccccc1NC(=O)CN1CCN(Cc2nc(C(C)C)no2)CC1. The molecule has 1 aliphatic heterocycles. The molecule has 0 bridgehead atoms. The van der Waals surface area contributed by atoms with Crippen LogP contribution >= 0.6 is 0 Å². The van der Waals surface area contributed by atoms with E-state index in [2.05, 4.69) is 25.3 Å². The molecule has 2 heterocycles. The van der Waals surface area contributed by atoms with Gasteiger partial charge in [0.15, 0.2) is 5.82 Å². The average molecular weight is 387 g/mol. The number of anilines is 1. The van der Waals surface area contributed by atoms with Crippen LogP contribution in [0.1, 0.15) is 38.4 Å². The van der Waals surface area contributed by atoms with Crippen LogP contribution in [0.15, 0.2) is 28.8 Å². The first-order valence-corrected chi connectivity index (χ1v) is 9.84. The number of amides is 1. The minimum absolute atomic E-state index is 0.0286. The molecule has 2 aromatic rings. The van der Waals surface area contributed by atoms with E-state index in [4.69, 9.17) is 9.26 Å². The first-order valence-electron chi connectivity index (χ1n) is 9.84. The smallest absolute Gasteiger partial charge is 0.240 e. The Hall–Kier alpha value is -2.45. The zero-order chi connectivity index (χ0) is 19.9. The van der Waals surface area contributed by atoms with Gasteiger partial charge in [0, 0.05) is 32.1 Å². The number of hydrogen-bond donors (Lipinski definition) is 1. The second-order valence-electron chi connectivity index (χ2n) is 7.23. The van der Waals surface area contributed by atoms with E-state index >= 15 is 0 Å². The summed E-state index contributed by atoms with van der Waals surface area (Å²) in [5.41, 5.74) is 0.713. The summed E-state index contributed by atoms with van der Waals surface area (Å²) >= 11 is 0. The molecule has 1 N–H and O–H groups in total. The van der Waals surface area contributed by atoms with Crippen molar-refractivity contribution >= 4 is 11.6 Å². The highest BCUT2D eigenvalue weighted by Gasteiger charge is 2.21. The molecule has 0 spiro atoms. The Balaban J connectivity index is 1.44. The maximum Gasteiger partial charge on any atom is 0.240 e. The van der Waals surface area contributed by atoms with Gasteiger partial charge in [-0.3, -0.25) is 14.6 Å².